The smallest absolute Gasteiger partial charge is 0.0569 e. The molecule has 0 bridgehead atoms. The zero-order valence-corrected chi connectivity index (χ0v) is 10.4. The van der Waals surface area contributed by atoms with Crippen LogP contribution in [0.1, 0.15) is 36.2 Å². The molecule has 3 heteroatoms. The Kier molecular flexibility index (Phi) is 3.44. The molecule has 84 valence electrons. The summed E-state index contributed by atoms with van der Waals surface area (Å²) in [7, 11) is 0. The molecule has 0 saturated carbocycles. The Morgan fingerprint density at radius 1 is 1.67 bits per heavy atom. The van der Waals surface area contributed by atoms with Crippen molar-refractivity contribution in [2.24, 2.45) is 5.73 Å². The van der Waals surface area contributed by atoms with Crippen molar-refractivity contribution in [3.63, 3.8) is 0 Å². The van der Waals surface area contributed by atoms with Crippen LogP contribution in [0.25, 0.3) is 0 Å². The minimum absolute atomic E-state index is 0.447. The van der Waals surface area contributed by atoms with Crippen LogP contribution < -0.4 is 5.73 Å². The van der Waals surface area contributed by atoms with Gasteiger partial charge in [-0.3, -0.25) is 4.90 Å². The highest BCUT2D eigenvalue weighted by atomic mass is 32.1. The van der Waals surface area contributed by atoms with E-state index in [-0.39, 0.29) is 0 Å². The monoisotopic (exact) mass is 224 g/mol. The van der Waals surface area contributed by atoms with Gasteiger partial charge in [0.15, 0.2) is 0 Å². The summed E-state index contributed by atoms with van der Waals surface area (Å²) in [6, 6.07) is 3.34. The minimum Gasteiger partial charge on any atom is -0.329 e. The maximum absolute atomic E-state index is 5.94. The number of hydrogen-bond donors (Lipinski definition) is 1. The average Bonchev–Trinajstić information content (AvgIpc) is 2.80. The van der Waals surface area contributed by atoms with Crippen LogP contribution in [0.15, 0.2) is 11.4 Å². The number of aryl methyl sites for hydroxylation is 1. The molecule has 0 aromatic carbocycles. The van der Waals surface area contributed by atoms with E-state index in [4.69, 9.17) is 5.73 Å². The molecule has 1 aliphatic rings. The third-order valence-electron chi connectivity index (χ3n) is 3.43. The lowest BCUT2D eigenvalue weighted by Crippen LogP contribution is -2.35. The summed E-state index contributed by atoms with van der Waals surface area (Å²) in [4.78, 5) is 4.03. The SMILES string of the molecule is Cc1ccsc1C(CN)N1CCCC1C. The lowest BCUT2D eigenvalue weighted by Gasteiger charge is -2.30. The van der Waals surface area contributed by atoms with Gasteiger partial charge in [-0.2, -0.15) is 0 Å². The number of nitrogens with two attached hydrogens (primary N) is 1. The molecule has 2 unspecified atom stereocenters. The molecule has 1 fully saturated rings. The van der Waals surface area contributed by atoms with E-state index in [2.05, 4.69) is 30.2 Å². The van der Waals surface area contributed by atoms with Gasteiger partial charge in [0.2, 0.25) is 0 Å². The number of hydrogen-bond acceptors (Lipinski definition) is 3. The fourth-order valence-corrected chi connectivity index (χ4v) is 3.60. The summed E-state index contributed by atoms with van der Waals surface area (Å²) in [5, 5.41) is 2.17. The predicted molar refractivity (Wildman–Crippen MR) is 66.3 cm³/mol. The van der Waals surface area contributed by atoms with E-state index in [0.29, 0.717) is 12.1 Å². The highest BCUT2D eigenvalue weighted by molar-refractivity contribution is 7.10. The standard InChI is InChI=1S/C12H20N2S/c1-9-5-7-15-12(9)11(8-13)14-6-3-4-10(14)2/h5,7,10-11H,3-4,6,8,13H2,1-2H3. The Labute approximate surface area is 96.1 Å². The summed E-state index contributed by atoms with van der Waals surface area (Å²) in [6.45, 7) is 6.46. The third kappa shape index (κ3) is 2.10. The molecule has 0 aliphatic carbocycles. The molecule has 0 amide bonds. The first-order valence-electron chi connectivity index (χ1n) is 5.74. The van der Waals surface area contributed by atoms with Gasteiger partial charge < -0.3 is 5.73 Å². The Hall–Kier alpha value is -0.380. The van der Waals surface area contributed by atoms with Crippen molar-refractivity contribution in [3.8, 4) is 0 Å². The molecule has 15 heavy (non-hydrogen) atoms. The average molecular weight is 224 g/mol. The summed E-state index contributed by atoms with van der Waals surface area (Å²) in [5.74, 6) is 0. The number of thiophene rings is 1. The molecule has 1 aliphatic heterocycles. The van der Waals surface area contributed by atoms with E-state index in [1.165, 1.54) is 29.8 Å². The van der Waals surface area contributed by atoms with Crippen LogP contribution in [-0.2, 0) is 0 Å². The van der Waals surface area contributed by atoms with Crippen molar-refractivity contribution in [1.82, 2.24) is 4.90 Å². The summed E-state index contributed by atoms with van der Waals surface area (Å²) in [6.07, 6.45) is 2.64. The molecule has 1 saturated heterocycles. The fraction of sp³-hybridized carbons (Fsp3) is 0.667. The van der Waals surface area contributed by atoms with Crippen molar-refractivity contribution in [3.05, 3.63) is 21.9 Å². The zero-order valence-electron chi connectivity index (χ0n) is 9.57. The predicted octanol–water partition coefficient (Wildman–Crippen LogP) is 2.54. The van der Waals surface area contributed by atoms with Gasteiger partial charge in [-0.15, -0.1) is 11.3 Å². The highest BCUT2D eigenvalue weighted by Crippen LogP contribution is 2.33. The van der Waals surface area contributed by atoms with Crippen molar-refractivity contribution in [2.45, 2.75) is 38.8 Å². The van der Waals surface area contributed by atoms with Crippen molar-refractivity contribution in [2.75, 3.05) is 13.1 Å². The van der Waals surface area contributed by atoms with Crippen LogP contribution in [0.5, 0.6) is 0 Å². The second-order valence-corrected chi connectivity index (χ2v) is 5.40. The van der Waals surface area contributed by atoms with Crippen LogP contribution in [0.4, 0.5) is 0 Å². The van der Waals surface area contributed by atoms with Gasteiger partial charge in [0.05, 0.1) is 6.04 Å². The Balaban J connectivity index is 2.20. The molecule has 2 N–H and O–H groups in total. The quantitative estimate of drug-likeness (QED) is 0.855. The van der Waals surface area contributed by atoms with Crippen LogP contribution in [-0.4, -0.2) is 24.0 Å². The second-order valence-electron chi connectivity index (χ2n) is 4.45. The molecule has 2 nitrogen and oxygen atoms in total. The molecule has 0 spiro atoms. The van der Waals surface area contributed by atoms with Crippen LogP contribution in [0.2, 0.25) is 0 Å². The minimum atomic E-state index is 0.447. The Bertz CT molecular complexity index is 321. The van der Waals surface area contributed by atoms with Gasteiger partial charge in [-0.1, -0.05) is 0 Å². The van der Waals surface area contributed by atoms with E-state index in [9.17, 15) is 0 Å². The lowest BCUT2D eigenvalue weighted by atomic mass is 10.1. The van der Waals surface area contributed by atoms with Gasteiger partial charge in [-0.05, 0) is 50.2 Å². The lowest BCUT2D eigenvalue weighted by molar-refractivity contribution is 0.198. The first-order valence-corrected chi connectivity index (χ1v) is 6.61. The molecular formula is C12H20N2S. The van der Waals surface area contributed by atoms with Gasteiger partial charge in [0.1, 0.15) is 0 Å². The summed E-state index contributed by atoms with van der Waals surface area (Å²) in [5.41, 5.74) is 7.34. The molecule has 1 aromatic heterocycles. The van der Waals surface area contributed by atoms with E-state index < -0.39 is 0 Å². The molecular weight excluding hydrogens is 204 g/mol. The highest BCUT2D eigenvalue weighted by Gasteiger charge is 2.29. The number of likely N-dealkylation sites (tertiary alicyclic amines) is 1. The molecule has 2 heterocycles. The first-order chi connectivity index (χ1) is 7.24. The molecule has 0 radical (unpaired) electrons. The number of nitrogens with zero attached hydrogens (tertiary/aromatic N) is 1. The largest absolute Gasteiger partial charge is 0.329 e. The van der Waals surface area contributed by atoms with E-state index in [0.717, 1.165) is 6.54 Å². The van der Waals surface area contributed by atoms with E-state index >= 15 is 0 Å². The zero-order chi connectivity index (χ0) is 10.8. The van der Waals surface area contributed by atoms with Crippen molar-refractivity contribution < 1.29 is 0 Å². The molecule has 2 rings (SSSR count). The van der Waals surface area contributed by atoms with Crippen LogP contribution in [0, 0.1) is 6.92 Å². The Morgan fingerprint density at radius 3 is 2.93 bits per heavy atom. The molecule has 1 aromatic rings. The summed E-state index contributed by atoms with van der Waals surface area (Å²) < 4.78 is 0. The van der Waals surface area contributed by atoms with Gasteiger partial charge >= 0.3 is 0 Å². The fourth-order valence-electron chi connectivity index (χ4n) is 2.54. The van der Waals surface area contributed by atoms with Crippen LogP contribution >= 0.6 is 11.3 Å². The first kappa shape index (κ1) is 11.1. The maximum Gasteiger partial charge on any atom is 0.0569 e. The third-order valence-corrected chi connectivity index (χ3v) is 4.55. The normalized spacial score (nSPS) is 24.6. The number of rotatable bonds is 3. The summed E-state index contributed by atoms with van der Waals surface area (Å²) >= 11 is 1.85. The molecule has 2 atom stereocenters. The van der Waals surface area contributed by atoms with Gasteiger partial charge in [0, 0.05) is 17.5 Å². The van der Waals surface area contributed by atoms with Crippen molar-refractivity contribution in [1.29, 1.82) is 0 Å². The maximum atomic E-state index is 5.94. The Morgan fingerprint density at radius 2 is 2.47 bits per heavy atom. The van der Waals surface area contributed by atoms with Gasteiger partial charge in [-0.25, -0.2) is 0 Å². The van der Waals surface area contributed by atoms with Crippen LogP contribution in [0.3, 0.4) is 0 Å². The topological polar surface area (TPSA) is 29.3 Å². The van der Waals surface area contributed by atoms with E-state index in [1.807, 2.05) is 11.3 Å². The second kappa shape index (κ2) is 4.64. The van der Waals surface area contributed by atoms with E-state index in [1.54, 1.807) is 0 Å². The van der Waals surface area contributed by atoms with Gasteiger partial charge in [0.25, 0.3) is 0 Å². The van der Waals surface area contributed by atoms with Crippen molar-refractivity contribution >= 4 is 11.3 Å².